The SMILES string of the molecule is C[C@H]1CC[C@H]2CCC[C@@H](C(C)(C)C)[C@@H]2[NH+]1C. The molecule has 16 heavy (non-hydrogen) atoms. The van der Waals surface area contributed by atoms with Crippen LogP contribution >= 0.6 is 0 Å². The molecule has 0 aromatic carbocycles. The van der Waals surface area contributed by atoms with E-state index in [0.717, 1.165) is 23.9 Å². The molecule has 1 aliphatic carbocycles. The second-order valence-electron chi connectivity index (χ2n) is 7.41. The predicted octanol–water partition coefficient (Wildman–Crippen LogP) is 2.51. The lowest BCUT2D eigenvalue weighted by Crippen LogP contribution is -3.19. The molecule has 0 aromatic rings. The van der Waals surface area contributed by atoms with Gasteiger partial charge in [0.05, 0.1) is 19.1 Å². The molecule has 1 saturated heterocycles. The molecule has 2 fully saturated rings. The van der Waals surface area contributed by atoms with Crippen molar-refractivity contribution in [2.75, 3.05) is 7.05 Å². The fourth-order valence-corrected chi connectivity index (χ4v) is 4.29. The maximum Gasteiger partial charge on any atom is 0.0936 e. The molecule has 2 rings (SSSR count). The summed E-state index contributed by atoms with van der Waals surface area (Å²) in [7, 11) is 2.45. The molecular formula is C15H30N+. The van der Waals surface area contributed by atoms with Crippen LogP contribution in [-0.4, -0.2) is 19.1 Å². The van der Waals surface area contributed by atoms with E-state index in [-0.39, 0.29) is 0 Å². The second kappa shape index (κ2) is 4.33. The van der Waals surface area contributed by atoms with Crippen molar-refractivity contribution < 1.29 is 4.90 Å². The zero-order chi connectivity index (χ0) is 11.9. The zero-order valence-electron chi connectivity index (χ0n) is 11.8. The van der Waals surface area contributed by atoms with Crippen molar-refractivity contribution in [1.29, 1.82) is 0 Å². The van der Waals surface area contributed by atoms with Gasteiger partial charge >= 0.3 is 0 Å². The maximum atomic E-state index is 2.45. The number of hydrogen-bond acceptors (Lipinski definition) is 0. The summed E-state index contributed by atoms with van der Waals surface area (Å²) in [4.78, 5) is 1.83. The molecule has 94 valence electrons. The number of fused-ring (bicyclic) bond motifs is 1. The Morgan fingerprint density at radius 3 is 2.31 bits per heavy atom. The normalized spacial score (nSPS) is 45.2. The number of hydrogen-bond donors (Lipinski definition) is 1. The average molecular weight is 224 g/mol. The lowest BCUT2D eigenvalue weighted by atomic mass is 9.63. The van der Waals surface area contributed by atoms with E-state index >= 15 is 0 Å². The Balaban J connectivity index is 2.20. The van der Waals surface area contributed by atoms with Gasteiger partial charge in [0, 0.05) is 11.8 Å². The number of rotatable bonds is 0. The van der Waals surface area contributed by atoms with Crippen LogP contribution in [0.2, 0.25) is 0 Å². The molecule has 0 aromatic heterocycles. The fraction of sp³-hybridized carbons (Fsp3) is 1.00. The molecule has 1 N–H and O–H groups in total. The van der Waals surface area contributed by atoms with Crippen molar-refractivity contribution in [1.82, 2.24) is 0 Å². The number of nitrogens with one attached hydrogen (secondary N) is 1. The highest BCUT2D eigenvalue weighted by Gasteiger charge is 2.47. The van der Waals surface area contributed by atoms with Crippen molar-refractivity contribution >= 4 is 0 Å². The summed E-state index contributed by atoms with van der Waals surface area (Å²) in [6.45, 7) is 9.80. The molecule has 0 amide bonds. The van der Waals surface area contributed by atoms with Crippen LogP contribution in [0.5, 0.6) is 0 Å². The van der Waals surface area contributed by atoms with Gasteiger partial charge in [-0.2, -0.15) is 0 Å². The highest BCUT2D eigenvalue weighted by atomic mass is 15.2. The smallest absolute Gasteiger partial charge is 0.0936 e. The minimum absolute atomic E-state index is 0.502. The molecule has 0 radical (unpaired) electrons. The van der Waals surface area contributed by atoms with Gasteiger partial charge in [-0.3, -0.25) is 0 Å². The second-order valence-corrected chi connectivity index (χ2v) is 7.41. The summed E-state index contributed by atoms with van der Waals surface area (Å²) in [6, 6.07) is 1.82. The van der Waals surface area contributed by atoms with E-state index in [1.165, 1.54) is 32.1 Å². The summed E-state index contributed by atoms with van der Waals surface area (Å²) < 4.78 is 0. The van der Waals surface area contributed by atoms with Crippen molar-refractivity contribution in [3.8, 4) is 0 Å². The van der Waals surface area contributed by atoms with E-state index in [4.69, 9.17) is 0 Å². The van der Waals surface area contributed by atoms with Gasteiger partial charge in [-0.25, -0.2) is 0 Å². The van der Waals surface area contributed by atoms with Crippen molar-refractivity contribution in [2.45, 2.75) is 71.9 Å². The fourth-order valence-electron chi connectivity index (χ4n) is 4.29. The monoisotopic (exact) mass is 224 g/mol. The van der Waals surface area contributed by atoms with Crippen LogP contribution in [-0.2, 0) is 0 Å². The van der Waals surface area contributed by atoms with Gasteiger partial charge in [0.2, 0.25) is 0 Å². The molecule has 5 atom stereocenters. The van der Waals surface area contributed by atoms with Crippen LogP contribution in [0.15, 0.2) is 0 Å². The van der Waals surface area contributed by atoms with Crippen molar-refractivity contribution in [3.63, 3.8) is 0 Å². The number of quaternary nitrogens is 1. The van der Waals surface area contributed by atoms with Crippen LogP contribution in [0.3, 0.4) is 0 Å². The van der Waals surface area contributed by atoms with Gasteiger partial charge in [-0.15, -0.1) is 0 Å². The van der Waals surface area contributed by atoms with E-state index < -0.39 is 0 Å². The van der Waals surface area contributed by atoms with Crippen molar-refractivity contribution in [2.24, 2.45) is 17.3 Å². The molecule has 1 heterocycles. The van der Waals surface area contributed by atoms with Gasteiger partial charge in [0.15, 0.2) is 0 Å². The van der Waals surface area contributed by atoms with Gasteiger partial charge in [-0.05, 0) is 38.0 Å². The summed E-state index contributed by atoms with van der Waals surface area (Å²) >= 11 is 0. The first-order valence-electron chi connectivity index (χ1n) is 7.24. The zero-order valence-corrected chi connectivity index (χ0v) is 11.8. The summed E-state index contributed by atoms with van der Waals surface area (Å²) in [6.07, 6.45) is 7.39. The number of likely N-dealkylation sites (tertiary alicyclic amines) is 1. The van der Waals surface area contributed by atoms with Gasteiger partial charge in [-0.1, -0.05) is 27.2 Å². The Bertz CT molecular complexity index is 238. The summed E-state index contributed by atoms with van der Waals surface area (Å²) in [5.41, 5.74) is 0.502. The van der Waals surface area contributed by atoms with E-state index in [2.05, 4.69) is 34.7 Å². The first-order chi connectivity index (χ1) is 7.41. The minimum Gasteiger partial charge on any atom is -0.332 e. The summed E-state index contributed by atoms with van der Waals surface area (Å²) in [5.74, 6) is 1.96. The van der Waals surface area contributed by atoms with Crippen LogP contribution < -0.4 is 4.90 Å². The van der Waals surface area contributed by atoms with Gasteiger partial charge < -0.3 is 4.90 Å². The third kappa shape index (κ3) is 2.16. The molecule has 1 aliphatic heterocycles. The van der Waals surface area contributed by atoms with Gasteiger partial charge in [0.1, 0.15) is 0 Å². The molecular weight excluding hydrogens is 194 g/mol. The molecule has 0 bridgehead atoms. The first kappa shape index (κ1) is 12.4. The largest absolute Gasteiger partial charge is 0.332 e. The van der Waals surface area contributed by atoms with E-state index in [9.17, 15) is 0 Å². The minimum atomic E-state index is 0.502. The molecule has 2 aliphatic rings. The predicted molar refractivity (Wildman–Crippen MR) is 69.7 cm³/mol. The van der Waals surface area contributed by atoms with Gasteiger partial charge in [0.25, 0.3) is 0 Å². The van der Waals surface area contributed by atoms with Crippen LogP contribution in [0.4, 0.5) is 0 Å². The average Bonchev–Trinajstić information content (AvgIpc) is 2.21. The van der Waals surface area contributed by atoms with Crippen LogP contribution in [0, 0.1) is 17.3 Å². The Kier molecular flexibility index (Phi) is 3.36. The molecule has 1 saturated carbocycles. The lowest BCUT2D eigenvalue weighted by Gasteiger charge is -2.50. The molecule has 1 unspecified atom stereocenters. The number of piperidine rings is 1. The molecule has 1 heteroatoms. The Morgan fingerprint density at radius 1 is 1.00 bits per heavy atom. The van der Waals surface area contributed by atoms with E-state index in [1.807, 2.05) is 4.90 Å². The highest BCUT2D eigenvalue weighted by molar-refractivity contribution is 4.90. The topological polar surface area (TPSA) is 4.44 Å². The van der Waals surface area contributed by atoms with Crippen LogP contribution in [0.25, 0.3) is 0 Å². The summed E-state index contributed by atoms with van der Waals surface area (Å²) in [5, 5.41) is 0. The lowest BCUT2D eigenvalue weighted by molar-refractivity contribution is -0.945. The van der Waals surface area contributed by atoms with E-state index in [0.29, 0.717) is 5.41 Å². The Morgan fingerprint density at radius 2 is 1.69 bits per heavy atom. The Labute approximate surface area is 102 Å². The molecule has 1 nitrogen and oxygen atoms in total. The maximum absolute atomic E-state index is 2.45. The Hall–Kier alpha value is -0.0400. The van der Waals surface area contributed by atoms with Crippen LogP contribution in [0.1, 0.15) is 59.8 Å². The third-order valence-corrected chi connectivity index (χ3v) is 5.42. The van der Waals surface area contributed by atoms with E-state index in [1.54, 1.807) is 0 Å². The standard InChI is InChI=1S/C15H29N/c1-11-9-10-12-7-6-8-13(15(2,3)4)14(12)16(11)5/h11-14H,6-10H2,1-5H3/p+1/t11-,12+,13+,14+/m0/s1. The highest BCUT2D eigenvalue weighted by Crippen LogP contribution is 2.42. The third-order valence-electron chi connectivity index (χ3n) is 5.42. The van der Waals surface area contributed by atoms with Crippen molar-refractivity contribution in [3.05, 3.63) is 0 Å². The molecule has 0 spiro atoms. The quantitative estimate of drug-likeness (QED) is 0.645. The first-order valence-corrected chi connectivity index (χ1v) is 7.24.